The molecule has 106 valence electrons. The van der Waals surface area contributed by atoms with Crippen molar-refractivity contribution in [3.8, 4) is 0 Å². The van der Waals surface area contributed by atoms with Gasteiger partial charge in [-0.3, -0.25) is 4.79 Å². The molecule has 1 saturated carbocycles. The number of amides is 1. The number of halogens is 1. The number of nitrogens with one attached hydrogen (secondary N) is 2. The van der Waals surface area contributed by atoms with Crippen LogP contribution in [0.5, 0.6) is 0 Å². The topological polar surface area (TPSA) is 101 Å². The standard InChI is InChI=1S/C9H13ClN4O3S2/c1-5(15)12-8-13-14-9(18-8)19(16,17)11-4-6-2-7(10)3-6/h6-7,11H,2-4H2,1H3,(H,12,13,15). The first kappa shape index (κ1) is 14.6. The molecule has 0 radical (unpaired) electrons. The number of hydrogen-bond acceptors (Lipinski definition) is 6. The molecule has 0 bridgehead atoms. The van der Waals surface area contributed by atoms with Crippen LogP contribution in [-0.4, -0.2) is 36.4 Å². The molecule has 2 rings (SSSR count). The lowest BCUT2D eigenvalue weighted by atomic mass is 9.85. The fraction of sp³-hybridized carbons (Fsp3) is 0.667. The van der Waals surface area contributed by atoms with E-state index >= 15 is 0 Å². The predicted octanol–water partition coefficient (Wildman–Crippen LogP) is 0.792. The molecule has 0 spiro atoms. The fourth-order valence-electron chi connectivity index (χ4n) is 1.63. The number of nitrogens with zero attached hydrogens (tertiary/aromatic N) is 2. The molecule has 0 aliphatic heterocycles. The first-order chi connectivity index (χ1) is 8.87. The van der Waals surface area contributed by atoms with Crippen molar-refractivity contribution < 1.29 is 13.2 Å². The average Bonchev–Trinajstić information content (AvgIpc) is 2.71. The van der Waals surface area contributed by atoms with Crippen LogP contribution in [0.15, 0.2) is 4.34 Å². The highest BCUT2D eigenvalue weighted by Crippen LogP contribution is 2.31. The van der Waals surface area contributed by atoms with Crippen LogP contribution in [0, 0.1) is 5.92 Å². The van der Waals surface area contributed by atoms with Crippen LogP contribution in [0.1, 0.15) is 19.8 Å². The third-order valence-corrected chi connectivity index (χ3v) is 5.65. The zero-order valence-electron chi connectivity index (χ0n) is 10.1. The van der Waals surface area contributed by atoms with Gasteiger partial charge in [-0.05, 0) is 18.8 Å². The van der Waals surface area contributed by atoms with Gasteiger partial charge in [-0.1, -0.05) is 11.3 Å². The molecular weight excluding hydrogens is 312 g/mol. The Balaban J connectivity index is 1.95. The van der Waals surface area contributed by atoms with E-state index in [0.717, 1.165) is 24.2 Å². The maximum absolute atomic E-state index is 11.9. The van der Waals surface area contributed by atoms with Crippen LogP contribution >= 0.6 is 22.9 Å². The third kappa shape index (κ3) is 3.85. The van der Waals surface area contributed by atoms with Gasteiger partial charge in [0.1, 0.15) is 0 Å². The van der Waals surface area contributed by atoms with Crippen LogP contribution < -0.4 is 10.0 Å². The minimum Gasteiger partial charge on any atom is -0.301 e. The highest BCUT2D eigenvalue weighted by Gasteiger charge is 2.29. The minimum atomic E-state index is -3.66. The molecule has 1 aromatic heterocycles. The Labute approximate surface area is 119 Å². The highest BCUT2D eigenvalue weighted by atomic mass is 35.5. The van der Waals surface area contributed by atoms with Crippen molar-refractivity contribution in [2.75, 3.05) is 11.9 Å². The van der Waals surface area contributed by atoms with E-state index in [2.05, 4.69) is 20.2 Å². The van der Waals surface area contributed by atoms with Gasteiger partial charge in [0.05, 0.1) is 0 Å². The number of aromatic nitrogens is 2. The van der Waals surface area contributed by atoms with Crippen LogP contribution in [0.2, 0.25) is 0 Å². The monoisotopic (exact) mass is 324 g/mol. The van der Waals surface area contributed by atoms with E-state index in [1.54, 1.807) is 0 Å². The Bertz CT molecular complexity index is 568. The SMILES string of the molecule is CC(=O)Nc1nnc(S(=O)(=O)NCC2CC(Cl)C2)s1. The number of carbonyl (C=O) groups is 1. The normalized spacial score (nSPS) is 22.8. The second-order valence-electron chi connectivity index (χ2n) is 4.34. The molecule has 1 fully saturated rings. The molecule has 1 amide bonds. The molecule has 1 aliphatic carbocycles. The van der Waals surface area contributed by atoms with E-state index < -0.39 is 10.0 Å². The summed E-state index contributed by atoms with van der Waals surface area (Å²) in [5, 5.41) is 9.85. The molecule has 0 saturated heterocycles. The molecule has 1 aromatic rings. The van der Waals surface area contributed by atoms with Crippen molar-refractivity contribution in [1.29, 1.82) is 0 Å². The van der Waals surface area contributed by atoms with Gasteiger partial charge in [0, 0.05) is 18.8 Å². The zero-order chi connectivity index (χ0) is 14.0. The predicted molar refractivity (Wildman–Crippen MR) is 71.8 cm³/mol. The molecule has 1 aliphatic rings. The number of alkyl halides is 1. The van der Waals surface area contributed by atoms with E-state index in [9.17, 15) is 13.2 Å². The van der Waals surface area contributed by atoms with Gasteiger partial charge in [-0.2, -0.15) is 0 Å². The van der Waals surface area contributed by atoms with Crippen LogP contribution in [-0.2, 0) is 14.8 Å². The van der Waals surface area contributed by atoms with Gasteiger partial charge in [0.25, 0.3) is 10.0 Å². The summed E-state index contributed by atoms with van der Waals surface area (Å²) in [6.07, 6.45) is 1.63. The first-order valence-electron chi connectivity index (χ1n) is 5.61. The second kappa shape index (κ2) is 5.70. The molecule has 0 atom stereocenters. The molecular formula is C9H13ClN4O3S2. The third-order valence-electron chi connectivity index (χ3n) is 2.66. The summed E-state index contributed by atoms with van der Waals surface area (Å²) in [6, 6.07) is 0. The number of carbonyl (C=O) groups excluding carboxylic acids is 1. The summed E-state index contributed by atoms with van der Waals surface area (Å²) < 4.78 is 26.1. The molecule has 0 aromatic carbocycles. The van der Waals surface area contributed by atoms with Crippen LogP contribution in [0.3, 0.4) is 0 Å². The average molecular weight is 325 g/mol. The Morgan fingerprint density at radius 1 is 1.47 bits per heavy atom. The van der Waals surface area contributed by atoms with E-state index in [0.29, 0.717) is 6.54 Å². The number of anilines is 1. The second-order valence-corrected chi connectivity index (χ2v) is 7.88. The Morgan fingerprint density at radius 3 is 2.74 bits per heavy atom. The van der Waals surface area contributed by atoms with Crippen molar-refractivity contribution in [2.45, 2.75) is 29.5 Å². The molecule has 19 heavy (non-hydrogen) atoms. The number of rotatable bonds is 5. The molecule has 10 heteroatoms. The van der Waals surface area contributed by atoms with Crippen molar-refractivity contribution >= 4 is 44.0 Å². The maximum atomic E-state index is 11.9. The zero-order valence-corrected chi connectivity index (χ0v) is 12.5. The lowest BCUT2D eigenvalue weighted by molar-refractivity contribution is -0.114. The Hall–Kier alpha value is -0.770. The van der Waals surface area contributed by atoms with Crippen molar-refractivity contribution in [1.82, 2.24) is 14.9 Å². The summed E-state index contributed by atoms with van der Waals surface area (Å²) >= 11 is 6.64. The molecule has 2 N–H and O–H groups in total. The van der Waals surface area contributed by atoms with Crippen LogP contribution in [0.4, 0.5) is 5.13 Å². The molecule has 1 heterocycles. The quantitative estimate of drug-likeness (QED) is 0.616. The molecule has 0 unspecified atom stereocenters. The van der Waals surface area contributed by atoms with Crippen molar-refractivity contribution in [3.63, 3.8) is 0 Å². The Morgan fingerprint density at radius 2 is 2.16 bits per heavy atom. The summed E-state index contributed by atoms with van der Waals surface area (Å²) in [7, 11) is -3.66. The van der Waals surface area contributed by atoms with E-state index in [1.165, 1.54) is 6.92 Å². The largest absolute Gasteiger partial charge is 0.301 e. The fourth-order valence-corrected chi connectivity index (χ4v) is 4.24. The van der Waals surface area contributed by atoms with Crippen LogP contribution in [0.25, 0.3) is 0 Å². The van der Waals surface area contributed by atoms with Gasteiger partial charge in [0.15, 0.2) is 0 Å². The van der Waals surface area contributed by atoms with Gasteiger partial charge in [0.2, 0.25) is 15.4 Å². The van der Waals surface area contributed by atoms with Crippen molar-refractivity contribution in [3.05, 3.63) is 0 Å². The van der Waals surface area contributed by atoms with E-state index in [1.807, 2.05) is 0 Å². The lowest BCUT2D eigenvalue weighted by Crippen LogP contribution is -2.36. The summed E-state index contributed by atoms with van der Waals surface area (Å²) in [6.45, 7) is 1.66. The van der Waals surface area contributed by atoms with Gasteiger partial charge in [-0.25, -0.2) is 13.1 Å². The first-order valence-corrected chi connectivity index (χ1v) is 8.35. The molecule has 7 nitrogen and oxygen atoms in total. The summed E-state index contributed by atoms with van der Waals surface area (Å²) in [5.74, 6) is -0.0457. The van der Waals surface area contributed by atoms with Crippen molar-refractivity contribution in [2.24, 2.45) is 5.92 Å². The maximum Gasteiger partial charge on any atom is 0.269 e. The smallest absolute Gasteiger partial charge is 0.269 e. The van der Waals surface area contributed by atoms with Gasteiger partial charge < -0.3 is 5.32 Å². The van der Waals surface area contributed by atoms with E-state index in [-0.39, 0.29) is 26.7 Å². The highest BCUT2D eigenvalue weighted by molar-refractivity contribution is 7.91. The number of sulfonamides is 1. The van der Waals surface area contributed by atoms with E-state index in [4.69, 9.17) is 11.6 Å². The summed E-state index contributed by atoms with van der Waals surface area (Å²) in [5.41, 5.74) is 0. The van der Waals surface area contributed by atoms with Gasteiger partial charge >= 0.3 is 0 Å². The number of hydrogen-bond donors (Lipinski definition) is 2. The van der Waals surface area contributed by atoms with Gasteiger partial charge in [-0.15, -0.1) is 21.8 Å². The lowest BCUT2D eigenvalue weighted by Gasteiger charge is -2.30. The summed E-state index contributed by atoms with van der Waals surface area (Å²) in [4.78, 5) is 10.8. The Kier molecular flexibility index (Phi) is 4.39. The minimum absolute atomic E-state index is 0.155.